The predicted octanol–water partition coefficient (Wildman–Crippen LogP) is 2.29. The minimum absolute atomic E-state index is 0.386. The van der Waals surface area contributed by atoms with Crippen LogP contribution >= 0.6 is 0 Å². The summed E-state index contributed by atoms with van der Waals surface area (Å²) in [5, 5.41) is 9.28. The van der Waals surface area contributed by atoms with E-state index in [-0.39, 0.29) is 5.88 Å². The van der Waals surface area contributed by atoms with Crippen molar-refractivity contribution in [3.63, 3.8) is 0 Å². The molecule has 0 fully saturated rings. The van der Waals surface area contributed by atoms with Gasteiger partial charge in [0.15, 0.2) is 0 Å². The lowest BCUT2D eigenvalue weighted by Crippen LogP contribution is -2.29. The number of aliphatic hydroxyl groups is 1. The van der Waals surface area contributed by atoms with Crippen molar-refractivity contribution in [1.82, 2.24) is 4.72 Å². The van der Waals surface area contributed by atoms with Gasteiger partial charge in [0.25, 0.3) is 0 Å². The van der Waals surface area contributed by atoms with Gasteiger partial charge < -0.3 is 5.11 Å². The summed E-state index contributed by atoms with van der Waals surface area (Å²) in [6.45, 7) is 0. The van der Waals surface area contributed by atoms with Crippen LogP contribution in [0.25, 0.3) is 0 Å². The molecule has 5 nitrogen and oxygen atoms in total. The van der Waals surface area contributed by atoms with Crippen molar-refractivity contribution in [2.45, 2.75) is 6.42 Å². The highest BCUT2D eigenvalue weighted by Crippen LogP contribution is 2.23. The second-order valence-electron chi connectivity index (χ2n) is 4.75. The van der Waals surface area contributed by atoms with E-state index in [1.54, 1.807) is 12.1 Å². The van der Waals surface area contributed by atoms with Crippen molar-refractivity contribution in [3.8, 4) is 0 Å². The Morgan fingerprint density at radius 2 is 1.57 bits per heavy atom. The summed E-state index contributed by atoms with van der Waals surface area (Å²) in [5.74, 6) is -0.386. The lowest BCUT2D eigenvalue weighted by Gasteiger charge is -2.14. The smallest absolute Gasteiger partial charge is 0.330 e. The van der Waals surface area contributed by atoms with E-state index in [1.807, 2.05) is 47.2 Å². The maximum absolute atomic E-state index is 11.8. The first-order chi connectivity index (χ1) is 10.0. The molecule has 0 aromatic heterocycles. The van der Waals surface area contributed by atoms with Crippen molar-refractivity contribution in [2.24, 2.45) is 0 Å². The molecule has 21 heavy (non-hydrogen) atoms. The molecule has 0 saturated heterocycles. The Bertz CT molecular complexity index is 768. The SMILES string of the molecule is O=S1(=O)NC(O)=CN1c1ccc(Cc2ccccc2)cc1. The van der Waals surface area contributed by atoms with Gasteiger partial charge >= 0.3 is 10.2 Å². The fraction of sp³-hybridized carbons (Fsp3) is 0.0667. The summed E-state index contributed by atoms with van der Waals surface area (Å²) in [7, 11) is -3.72. The number of anilines is 1. The number of nitrogens with one attached hydrogen (secondary N) is 1. The summed E-state index contributed by atoms with van der Waals surface area (Å²) in [5.41, 5.74) is 2.75. The lowest BCUT2D eigenvalue weighted by molar-refractivity contribution is 0.392. The van der Waals surface area contributed by atoms with E-state index in [0.717, 1.165) is 22.5 Å². The molecule has 0 aliphatic carbocycles. The van der Waals surface area contributed by atoms with Gasteiger partial charge in [-0.2, -0.15) is 8.42 Å². The van der Waals surface area contributed by atoms with Crippen LogP contribution in [0.15, 0.2) is 66.7 Å². The predicted molar refractivity (Wildman–Crippen MR) is 80.9 cm³/mol. The van der Waals surface area contributed by atoms with Gasteiger partial charge in [0.05, 0.1) is 11.9 Å². The van der Waals surface area contributed by atoms with E-state index >= 15 is 0 Å². The largest absolute Gasteiger partial charge is 0.493 e. The third-order valence-corrected chi connectivity index (χ3v) is 4.48. The van der Waals surface area contributed by atoms with Crippen LogP contribution in [0.2, 0.25) is 0 Å². The first-order valence-corrected chi connectivity index (χ1v) is 7.84. The van der Waals surface area contributed by atoms with E-state index in [4.69, 9.17) is 0 Å². The fourth-order valence-electron chi connectivity index (χ4n) is 2.19. The lowest BCUT2D eigenvalue weighted by atomic mass is 10.0. The Morgan fingerprint density at radius 3 is 2.14 bits per heavy atom. The van der Waals surface area contributed by atoms with Gasteiger partial charge in [-0.15, -0.1) is 0 Å². The minimum atomic E-state index is -3.72. The summed E-state index contributed by atoms with van der Waals surface area (Å²) in [6.07, 6.45) is 1.93. The van der Waals surface area contributed by atoms with Crippen molar-refractivity contribution in [3.05, 3.63) is 77.8 Å². The number of rotatable bonds is 3. The maximum atomic E-state index is 11.8. The maximum Gasteiger partial charge on any atom is 0.330 e. The minimum Gasteiger partial charge on any atom is -0.493 e. The quantitative estimate of drug-likeness (QED) is 0.914. The van der Waals surface area contributed by atoms with Crippen LogP contribution in [0.1, 0.15) is 11.1 Å². The third kappa shape index (κ3) is 2.85. The number of benzene rings is 2. The number of hydrogen-bond acceptors (Lipinski definition) is 3. The van der Waals surface area contributed by atoms with Crippen LogP contribution in [0.3, 0.4) is 0 Å². The molecule has 1 heterocycles. The summed E-state index contributed by atoms with van der Waals surface area (Å²) in [6, 6.07) is 17.2. The van der Waals surface area contributed by atoms with E-state index in [2.05, 4.69) is 0 Å². The van der Waals surface area contributed by atoms with Crippen LogP contribution in [-0.4, -0.2) is 13.5 Å². The van der Waals surface area contributed by atoms with Crippen LogP contribution in [0, 0.1) is 0 Å². The molecule has 2 aromatic carbocycles. The Balaban J connectivity index is 1.82. The average molecular weight is 302 g/mol. The first kappa shape index (κ1) is 13.5. The van der Waals surface area contributed by atoms with E-state index in [1.165, 1.54) is 5.56 Å². The van der Waals surface area contributed by atoms with Gasteiger partial charge in [0, 0.05) is 0 Å². The van der Waals surface area contributed by atoms with Crippen molar-refractivity contribution >= 4 is 15.9 Å². The summed E-state index contributed by atoms with van der Waals surface area (Å²) in [4.78, 5) is 0. The van der Waals surface area contributed by atoms with Gasteiger partial charge in [-0.05, 0) is 29.7 Å². The molecule has 6 heteroatoms. The molecule has 1 aliphatic rings. The summed E-state index contributed by atoms with van der Waals surface area (Å²) < 4.78 is 26.5. The highest BCUT2D eigenvalue weighted by molar-refractivity contribution is 7.91. The Morgan fingerprint density at radius 1 is 0.952 bits per heavy atom. The fourth-order valence-corrected chi connectivity index (χ4v) is 3.25. The Hall–Kier alpha value is -2.47. The normalized spacial score (nSPS) is 16.4. The van der Waals surface area contributed by atoms with Gasteiger partial charge in [-0.3, -0.25) is 0 Å². The van der Waals surface area contributed by atoms with E-state index in [9.17, 15) is 13.5 Å². The van der Waals surface area contributed by atoms with Crippen LogP contribution in [0.4, 0.5) is 5.69 Å². The monoisotopic (exact) mass is 302 g/mol. The average Bonchev–Trinajstić information content (AvgIpc) is 2.74. The first-order valence-electron chi connectivity index (χ1n) is 6.40. The molecule has 3 rings (SSSR count). The van der Waals surface area contributed by atoms with E-state index in [0.29, 0.717) is 5.69 Å². The molecule has 0 saturated carbocycles. The molecule has 2 N–H and O–H groups in total. The number of aliphatic hydroxyl groups excluding tert-OH is 1. The highest BCUT2D eigenvalue weighted by Gasteiger charge is 2.28. The zero-order valence-electron chi connectivity index (χ0n) is 11.1. The van der Waals surface area contributed by atoms with Gasteiger partial charge in [-0.1, -0.05) is 42.5 Å². The van der Waals surface area contributed by atoms with Crippen LogP contribution in [-0.2, 0) is 16.6 Å². The zero-order chi connectivity index (χ0) is 14.9. The molecule has 0 amide bonds. The molecule has 0 spiro atoms. The van der Waals surface area contributed by atoms with Crippen LogP contribution in [0.5, 0.6) is 0 Å². The van der Waals surface area contributed by atoms with Gasteiger partial charge in [0.1, 0.15) is 0 Å². The zero-order valence-corrected chi connectivity index (χ0v) is 11.9. The number of nitrogens with zero attached hydrogens (tertiary/aromatic N) is 1. The standard InChI is InChI=1S/C15H14N2O3S/c18-15-11-17(21(19,20)16-15)14-8-6-13(7-9-14)10-12-4-2-1-3-5-12/h1-9,11,16,18H,10H2. The Labute approximate surface area is 123 Å². The topological polar surface area (TPSA) is 69.6 Å². The van der Waals surface area contributed by atoms with Gasteiger partial charge in [0.2, 0.25) is 5.88 Å². The second-order valence-corrected chi connectivity index (χ2v) is 6.29. The summed E-state index contributed by atoms with van der Waals surface area (Å²) >= 11 is 0. The molecule has 0 radical (unpaired) electrons. The number of hydrogen-bond donors (Lipinski definition) is 2. The second kappa shape index (κ2) is 5.14. The van der Waals surface area contributed by atoms with Crippen molar-refractivity contribution < 1.29 is 13.5 Å². The molecule has 0 atom stereocenters. The third-order valence-electron chi connectivity index (χ3n) is 3.17. The molecular formula is C15H14N2O3S. The van der Waals surface area contributed by atoms with Crippen molar-refractivity contribution in [1.29, 1.82) is 0 Å². The molecule has 108 valence electrons. The molecule has 1 aliphatic heterocycles. The van der Waals surface area contributed by atoms with Gasteiger partial charge in [-0.25, -0.2) is 9.03 Å². The molecule has 2 aromatic rings. The molecule has 0 bridgehead atoms. The highest BCUT2D eigenvalue weighted by atomic mass is 32.2. The molecular weight excluding hydrogens is 288 g/mol. The Kier molecular flexibility index (Phi) is 3.31. The molecule has 0 unspecified atom stereocenters. The van der Waals surface area contributed by atoms with Crippen LogP contribution < -0.4 is 9.03 Å². The van der Waals surface area contributed by atoms with E-state index < -0.39 is 10.2 Å². The van der Waals surface area contributed by atoms with Crippen molar-refractivity contribution in [2.75, 3.05) is 4.31 Å².